The van der Waals surface area contributed by atoms with Gasteiger partial charge in [-0.05, 0) is 30.4 Å². The van der Waals surface area contributed by atoms with E-state index in [0.29, 0.717) is 50.0 Å². The fraction of sp³-hybridized carbons (Fsp3) is 0.481. The minimum Gasteiger partial charge on any atom is -0.379 e. The molecule has 12 heteroatoms. The van der Waals surface area contributed by atoms with Crippen LogP contribution in [-0.4, -0.2) is 85.8 Å². The van der Waals surface area contributed by atoms with Crippen molar-refractivity contribution < 1.29 is 27.1 Å². The van der Waals surface area contributed by atoms with Crippen LogP contribution in [0, 0.1) is 5.82 Å². The molecule has 0 N–H and O–H groups in total. The second-order valence-corrected chi connectivity index (χ2v) is 12.6. The number of aromatic nitrogens is 2. The number of thiophene rings is 1. The van der Waals surface area contributed by atoms with Crippen LogP contribution in [0.4, 0.5) is 4.39 Å². The molecule has 1 amide bonds. The summed E-state index contributed by atoms with van der Waals surface area (Å²) >= 11 is 1.38. The number of amides is 1. The van der Waals surface area contributed by atoms with Gasteiger partial charge in [0.1, 0.15) is 5.82 Å². The topological polar surface area (TPSA) is 94.0 Å². The number of halogens is 1. The molecule has 0 saturated carbocycles. The van der Waals surface area contributed by atoms with Crippen LogP contribution < -0.4 is 0 Å². The van der Waals surface area contributed by atoms with E-state index in [1.807, 2.05) is 11.4 Å². The van der Waals surface area contributed by atoms with E-state index in [9.17, 15) is 17.6 Å². The number of sulfone groups is 1. The smallest absolute Gasteiger partial charge is 0.264 e. The lowest BCUT2D eigenvalue weighted by molar-refractivity contribution is 0.0319. The Morgan fingerprint density at radius 3 is 2.69 bits per heavy atom. The van der Waals surface area contributed by atoms with E-state index in [-0.39, 0.29) is 29.3 Å². The average molecular weight is 577 g/mol. The third-order valence-electron chi connectivity index (χ3n) is 7.06. The van der Waals surface area contributed by atoms with Gasteiger partial charge in [0.15, 0.2) is 0 Å². The van der Waals surface area contributed by atoms with Gasteiger partial charge in [-0.15, -0.1) is 11.3 Å². The zero-order chi connectivity index (χ0) is 27.2. The van der Waals surface area contributed by atoms with Crippen molar-refractivity contribution in [2.24, 2.45) is 0 Å². The number of rotatable bonds is 11. The highest BCUT2D eigenvalue weighted by molar-refractivity contribution is 7.90. The van der Waals surface area contributed by atoms with Crippen LogP contribution in [0.15, 0.2) is 53.1 Å². The second-order valence-electron chi connectivity index (χ2n) is 9.79. The van der Waals surface area contributed by atoms with Crippen molar-refractivity contribution in [2.75, 3.05) is 46.0 Å². The van der Waals surface area contributed by atoms with Crippen molar-refractivity contribution in [2.45, 2.75) is 42.9 Å². The number of carbonyl (C=O) groups is 1. The minimum absolute atomic E-state index is 0.0886. The molecular formula is C27H33FN4O5S2. The fourth-order valence-electron chi connectivity index (χ4n) is 4.93. The zero-order valence-electron chi connectivity index (χ0n) is 21.7. The molecule has 2 aromatic heterocycles. The van der Waals surface area contributed by atoms with Gasteiger partial charge < -0.3 is 18.9 Å². The molecule has 1 aromatic carbocycles. The molecule has 2 saturated heterocycles. The Bertz CT molecular complexity index is 1350. The van der Waals surface area contributed by atoms with Crippen molar-refractivity contribution in [3.05, 3.63) is 69.9 Å². The summed E-state index contributed by atoms with van der Waals surface area (Å²) in [5.41, 5.74) is 0.690. The summed E-state index contributed by atoms with van der Waals surface area (Å²) in [7, 11) is -3.98. The highest BCUT2D eigenvalue weighted by Crippen LogP contribution is 2.24. The van der Waals surface area contributed by atoms with Crippen molar-refractivity contribution in [1.29, 1.82) is 0 Å². The first-order chi connectivity index (χ1) is 18.9. The molecule has 1 atom stereocenters. The van der Waals surface area contributed by atoms with E-state index in [1.54, 1.807) is 21.6 Å². The largest absolute Gasteiger partial charge is 0.379 e. The maximum atomic E-state index is 14.3. The Kier molecular flexibility index (Phi) is 9.08. The third-order valence-corrected chi connectivity index (χ3v) is 9.49. The van der Waals surface area contributed by atoms with Gasteiger partial charge in [-0.2, -0.15) is 0 Å². The van der Waals surface area contributed by atoms with Gasteiger partial charge in [-0.1, -0.05) is 24.3 Å². The summed E-state index contributed by atoms with van der Waals surface area (Å²) in [6.07, 6.45) is 3.07. The fourth-order valence-corrected chi connectivity index (χ4v) is 7.13. The lowest BCUT2D eigenvalue weighted by Gasteiger charge is -2.30. The van der Waals surface area contributed by atoms with Gasteiger partial charge in [-0.3, -0.25) is 9.69 Å². The third kappa shape index (κ3) is 6.93. The van der Waals surface area contributed by atoms with Crippen LogP contribution in [0.2, 0.25) is 0 Å². The molecule has 0 aliphatic carbocycles. The summed E-state index contributed by atoms with van der Waals surface area (Å²) in [4.78, 5) is 22.4. The molecule has 0 spiro atoms. The van der Waals surface area contributed by atoms with Crippen molar-refractivity contribution in [3.63, 3.8) is 0 Å². The summed E-state index contributed by atoms with van der Waals surface area (Å²) in [5.74, 6) is -1.19. The van der Waals surface area contributed by atoms with Crippen molar-refractivity contribution in [1.82, 2.24) is 19.4 Å². The van der Waals surface area contributed by atoms with E-state index in [2.05, 4.69) is 9.88 Å². The van der Waals surface area contributed by atoms with E-state index >= 15 is 0 Å². The van der Waals surface area contributed by atoms with E-state index < -0.39 is 21.4 Å². The maximum Gasteiger partial charge on any atom is 0.264 e. The number of morpholine rings is 1. The first-order valence-corrected chi connectivity index (χ1v) is 15.7. The Morgan fingerprint density at radius 2 is 1.97 bits per heavy atom. The molecule has 39 heavy (non-hydrogen) atoms. The quantitative estimate of drug-likeness (QED) is 0.346. The predicted octanol–water partition coefficient (Wildman–Crippen LogP) is 3.21. The van der Waals surface area contributed by atoms with Gasteiger partial charge in [0, 0.05) is 38.3 Å². The second kappa shape index (κ2) is 12.7. The number of nitrogens with zero attached hydrogens (tertiary/aromatic N) is 4. The van der Waals surface area contributed by atoms with Crippen molar-refractivity contribution in [3.8, 4) is 0 Å². The summed E-state index contributed by atoms with van der Waals surface area (Å²) < 4.78 is 54.3. The molecule has 0 unspecified atom stereocenters. The van der Waals surface area contributed by atoms with Gasteiger partial charge in [0.2, 0.25) is 15.0 Å². The summed E-state index contributed by atoms with van der Waals surface area (Å²) in [5, 5.41) is 1.73. The number of carbonyl (C=O) groups excluding carboxylic acids is 1. The molecule has 210 valence electrons. The van der Waals surface area contributed by atoms with E-state index in [1.165, 1.54) is 35.7 Å². The van der Waals surface area contributed by atoms with Gasteiger partial charge >= 0.3 is 0 Å². The number of ether oxygens (including phenoxy) is 2. The molecule has 2 fully saturated rings. The van der Waals surface area contributed by atoms with E-state index in [4.69, 9.17) is 9.47 Å². The first-order valence-electron chi connectivity index (χ1n) is 13.2. The van der Waals surface area contributed by atoms with E-state index in [0.717, 1.165) is 25.9 Å². The van der Waals surface area contributed by atoms with Gasteiger partial charge in [0.05, 0.1) is 54.9 Å². The van der Waals surface area contributed by atoms with Crippen LogP contribution in [0.25, 0.3) is 0 Å². The highest BCUT2D eigenvalue weighted by atomic mass is 32.2. The average Bonchev–Trinajstić information content (AvgIpc) is 3.72. The van der Waals surface area contributed by atoms with Gasteiger partial charge in [0.25, 0.3) is 5.91 Å². The molecule has 5 rings (SSSR count). The summed E-state index contributed by atoms with van der Waals surface area (Å²) in [6, 6.07) is 9.49. The Hall–Kier alpha value is -2.64. The Labute approximate surface area is 232 Å². The molecule has 4 heterocycles. The molecule has 3 aromatic rings. The molecule has 2 aliphatic rings. The number of hydrogen-bond donors (Lipinski definition) is 0. The highest BCUT2D eigenvalue weighted by Gasteiger charge is 2.29. The first kappa shape index (κ1) is 27.9. The zero-order valence-corrected chi connectivity index (χ0v) is 23.3. The molecule has 2 aliphatic heterocycles. The number of imidazole rings is 1. The predicted molar refractivity (Wildman–Crippen MR) is 145 cm³/mol. The molecule has 9 nitrogen and oxygen atoms in total. The maximum absolute atomic E-state index is 14.3. The van der Waals surface area contributed by atoms with Crippen LogP contribution >= 0.6 is 11.3 Å². The summed E-state index contributed by atoms with van der Waals surface area (Å²) in [6.45, 7) is 5.19. The Morgan fingerprint density at radius 1 is 1.15 bits per heavy atom. The standard InChI is InChI=1S/C27H33FN4O5S2/c28-24-7-2-1-5-21(24)20-39(34,35)27-29-17-22(32(27)19-23-6-3-13-37-23)18-31(26(33)25-8-4-16-38-25)10-9-30-11-14-36-15-12-30/h1-2,4-5,7-8,16-17,23H,3,6,9-15,18-20H2/t23-/m0/s1. The molecular weight excluding hydrogens is 543 g/mol. The Balaban J connectivity index is 1.43. The number of hydrogen-bond acceptors (Lipinski definition) is 8. The van der Waals surface area contributed by atoms with Gasteiger partial charge in [-0.25, -0.2) is 17.8 Å². The normalized spacial score (nSPS) is 18.4. The lowest BCUT2D eigenvalue weighted by atomic mass is 10.2. The SMILES string of the molecule is O=C(c1cccs1)N(CCN1CCOCC1)Cc1cnc(S(=O)(=O)Cc2ccccc2F)n1C[C@@H]1CCCO1. The minimum atomic E-state index is -3.98. The van der Waals surface area contributed by atoms with Crippen LogP contribution in [0.1, 0.15) is 33.8 Å². The molecule has 0 bridgehead atoms. The lowest BCUT2D eigenvalue weighted by Crippen LogP contribution is -2.43. The van der Waals surface area contributed by atoms with Crippen molar-refractivity contribution >= 4 is 27.1 Å². The van der Waals surface area contributed by atoms with Crippen LogP contribution in [0.3, 0.4) is 0 Å². The van der Waals surface area contributed by atoms with Crippen LogP contribution in [-0.2, 0) is 38.2 Å². The molecule has 0 radical (unpaired) electrons. The monoisotopic (exact) mass is 576 g/mol. The number of benzene rings is 1. The van der Waals surface area contributed by atoms with Crippen LogP contribution in [0.5, 0.6) is 0 Å².